The van der Waals surface area contributed by atoms with Crippen molar-refractivity contribution in [2.24, 2.45) is 5.41 Å². The predicted molar refractivity (Wildman–Crippen MR) is 59.1 cm³/mol. The van der Waals surface area contributed by atoms with Crippen molar-refractivity contribution in [2.45, 2.75) is 39.5 Å². The molecule has 0 radical (unpaired) electrons. The summed E-state index contributed by atoms with van der Waals surface area (Å²) in [6, 6.07) is 0. The van der Waals surface area contributed by atoms with Crippen molar-refractivity contribution in [3.05, 3.63) is 11.1 Å². The van der Waals surface area contributed by atoms with Crippen molar-refractivity contribution in [3.63, 3.8) is 0 Å². The molecule has 0 heterocycles. The molecule has 0 saturated heterocycles. The van der Waals surface area contributed by atoms with Gasteiger partial charge in [0, 0.05) is 18.6 Å². The van der Waals surface area contributed by atoms with E-state index in [1.807, 2.05) is 0 Å². The van der Waals surface area contributed by atoms with Crippen LogP contribution >= 0.6 is 11.6 Å². The fourth-order valence-corrected chi connectivity index (χ4v) is 1.97. The van der Waals surface area contributed by atoms with E-state index in [1.165, 1.54) is 31.3 Å². The van der Waals surface area contributed by atoms with Gasteiger partial charge in [0.2, 0.25) is 0 Å². The van der Waals surface area contributed by atoms with E-state index in [0.29, 0.717) is 5.41 Å². The van der Waals surface area contributed by atoms with Crippen molar-refractivity contribution < 1.29 is 0 Å². The molecule has 2 heteroatoms. The first-order chi connectivity index (χ1) is 6.22. The molecule has 1 aliphatic carbocycles. The van der Waals surface area contributed by atoms with E-state index in [2.05, 4.69) is 19.2 Å². The first-order valence-corrected chi connectivity index (χ1v) is 5.63. The third-order valence-electron chi connectivity index (χ3n) is 3.25. The number of halogens is 1. The summed E-state index contributed by atoms with van der Waals surface area (Å²) in [4.78, 5) is 0. The predicted octanol–water partition coefficient (Wildman–Crippen LogP) is 3.30. The highest BCUT2D eigenvalue weighted by atomic mass is 35.5. The van der Waals surface area contributed by atoms with Crippen LogP contribution in [0.5, 0.6) is 0 Å². The summed E-state index contributed by atoms with van der Waals surface area (Å²) in [6.45, 7) is 6.45. The minimum absolute atomic E-state index is 0.618. The van der Waals surface area contributed by atoms with Crippen molar-refractivity contribution in [2.75, 3.05) is 13.1 Å². The van der Waals surface area contributed by atoms with Gasteiger partial charge in [-0.15, -0.1) is 0 Å². The molecule has 76 valence electrons. The second kappa shape index (κ2) is 5.02. The maximum Gasteiger partial charge on any atom is 0.0173 e. The van der Waals surface area contributed by atoms with Crippen molar-refractivity contribution in [1.29, 1.82) is 0 Å². The Morgan fingerprint density at radius 1 is 1.54 bits per heavy atom. The lowest BCUT2D eigenvalue weighted by Gasteiger charge is -2.41. The van der Waals surface area contributed by atoms with Crippen LogP contribution in [0.15, 0.2) is 11.1 Å². The number of nitrogens with one attached hydrogen (secondary N) is 1. The summed E-state index contributed by atoms with van der Waals surface area (Å²) < 4.78 is 0. The van der Waals surface area contributed by atoms with Gasteiger partial charge in [-0.1, -0.05) is 24.9 Å². The molecule has 1 aliphatic rings. The third-order valence-corrected chi connectivity index (χ3v) is 3.63. The first-order valence-electron chi connectivity index (χ1n) is 5.19. The fraction of sp³-hybridized carbons (Fsp3) is 0.818. The van der Waals surface area contributed by atoms with Crippen LogP contribution in [0.2, 0.25) is 0 Å². The molecule has 0 unspecified atom stereocenters. The maximum atomic E-state index is 5.58. The molecule has 1 fully saturated rings. The van der Waals surface area contributed by atoms with Gasteiger partial charge in [0.1, 0.15) is 0 Å². The van der Waals surface area contributed by atoms with Gasteiger partial charge in [0.25, 0.3) is 0 Å². The van der Waals surface area contributed by atoms with Gasteiger partial charge in [0.15, 0.2) is 0 Å². The van der Waals surface area contributed by atoms with E-state index in [-0.39, 0.29) is 0 Å². The molecule has 0 atom stereocenters. The second-order valence-electron chi connectivity index (χ2n) is 4.27. The van der Waals surface area contributed by atoms with Crippen LogP contribution in [0.25, 0.3) is 0 Å². The monoisotopic (exact) mass is 201 g/mol. The van der Waals surface area contributed by atoms with Crippen molar-refractivity contribution >= 4 is 11.6 Å². The molecular weight excluding hydrogens is 182 g/mol. The summed E-state index contributed by atoms with van der Waals surface area (Å²) >= 11 is 5.58. The Hall–Kier alpha value is -0.0100. The largest absolute Gasteiger partial charge is 0.312 e. The molecule has 13 heavy (non-hydrogen) atoms. The molecule has 1 nitrogen and oxygen atoms in total. The van der Waals surface area contributed by atoms with Crippen LogP contribution in [0.3, 0.4) is 0 Å². The topological polar surface area (TPSA) is 12.0 Å². The van der Waals surface area contributed by atoms with Crippen LogP contribution in [0.4, 0.5) is 0 Å². The minimum Gasteiger partial charge on any atom is -0.312 e. The van der Waals surface area contributed by atoms with Crippen LogP contribution < -0.4 is 5.32 Å². The molecule has 1 rings (SSSR count). The molecule has 0 amide bonds. The Labute approximate surface area is 86.5 Å². The van der Waals surface area contributed by atoms with Crippen LogP contribution in [-0.4, -0.2) is 13.1 Å². The van der Waals surface area contributed by atoms with Gasteiger partial charge in [-0.2, -0.15) is 0 Å². The Balaban J connectivity index is 2.18. The Bertz CT molecular complexity index is 177. The molecule has 0 aliphatic heterocycles. The summed E-state index contributed by atoms with van der Waals surface area (Å²) in [6.07, 6.45) is 5.53. The van der Waals surface area contributed by atoms with E-state index >= 15 is 0 Å². The van der Waals surface area contributed by atoms with E-state index in [0.717, 1.165) is 13.1 Å². The van der Waals surface area contributed by atoms with Crippen molar-refractivity contribution in [1.82, 2.24) is 5.32 Å². The summed E-state index contributed by atoms with van der Waals surface area (Å²) in [5.41, 5.74) is 3.49. The quantitative estimate of drug-likeness (QED) is 0.720. The van der Waals surface area contributed by atoms with Crippen LogP contribution in [0.1, 0.15) is 39.5 Å². The molecule has 0 aromatic heterocycles. The Morgan fingerprint density at radius 2 is 2.23 bits per heavy atom. The maximum absolute atomic E-state index is 5.58. The lowest BCUT2D eigenvalue weighted by atomic mass is 9.67. The molecule has 0 aromatic carbocycles. The second-order valence-corrected chi connectivity index (χ2v) is 4.48. The highest BCUT2D eigenvalue weighted by Crippen LogP contribution is 2.42. The zero-order valence-corrected chi connectivity index (χ0v) is 9.45. The zero-order valence-electron chi connectivity index (χ0n) is 8.70. The number of rotatable bonds is 5. The number of hydrogen-bond donors (Lipinski definition) is 1. The molecule has 0 bridgehead atoms. The summed E-state index contributed by atoms with van der Waals surface area (Å²) in [5.74, 6) is 0. The lowest BCUT2D eigenvalue weighted by molar-refractivity contribution is 0.125. The molecule has 1 N–H and O–H groups in total. The normalized spacial score (nSPS) is 21.3. The molecule has 1 saturated carbocycles. The van der Waals surface area contributed by atoms with Gasteiger partial charge in [-0.05, 0) is 37.2 Å². The average Bonchev–Trinajstić information content (AvgIpc) is 2.09. The molecule has 0 aromatic rings. The van der Waals surface area contributed by atoms with Gasteiger partial charge < -0.3 is 5.32 Å². The van der Waals surface area contributed by atoms with E-state index in [9.17, 15) is 0 Å². The number of hydrogen-bond acceptors (Lipinski definition) is 1. The van der Waals surface area contributed by atoms with E-state index in [4.69, 9.17) is 11.6 Å². The van der Waals surface area contributed by atoms with E-state index in [1.54, 1.807) is 5.54 Å². The summed E-state index contributed by atoms with van der Waals surface area (Å²) in [5, 5.41) is 3.48. The van der Waals surface area contributed by atoms with E-state index < -0.39 is 0 Å². The average molecular weight is 202 g/mol. The van der Waals surface area contributed by atoms with Crippen LogP contribution in [-0.2, 0) is 0 Å². The third kappa shape index (κ3) is 2.99. The highest BCUT2D eigenvalue weighted by Gasteiger charge is 2.34. The van der Waals surface area contributed by atoms with Crippen molar-refractivity contribution in [3.8, 4) is 0 Å². The molecular formula is C11H20ClN. The first kappa shape index (κ1) is 11.1. The summed E-state index contributed by atoms with van der Waals surface area (Å²) in [7, 11) is 0. The standard InChI is InChI=1S/C11H20ClN/c1-3-11(5-4-6-11)9-13-8-10(2)7-12/h7,13H,3-6,8-9H2,1-2H3. The van der Waals surface area contributed by atoms with Crippen LogP contribution in [0, 0.1) is 5.41 Å². The lowest BCUT2D eigenvalue weighted by Crippen LogP contribution is -2.39. The fourth-order valence-electron chi connectivity index (χ4n) is 1.90. The van der Waals surface area contributed by atoms with Gasteiger partial charge in [-0.25, -0.2) is 0 Å². The van der Waals surface area contributed by atoms with Gasteiger partial charge in [-0.3, -0.25) is 0 Å². The smallest absolute Gasteiger partial charge is 0.0173 e. The SMILES string of the molecule is CCC1(CNCC(C)=CCl)CCC1. The Morgan fingerprint density at radius 3 is 2.62 bits per heavy atom. The minimum atomic E-state index is 0.618. The molecule has 0 spiro atoms. The zero-order chi connectivity index (χ0) is 9.73. The Kier molecular flexibility index (Phi) is 4.27. The van der Waals surface area contributed by atoms with Gasteiger partial charge >= 0.3 is 0 Å². The van der Waals surface area contributed by atoms with Gasteiger partial charge in [0.05, 0.1) is 0 Å². The highest BCUT2D eigenvalue weighted by molar-refractivity contribution is 6.25.